The van der Waals surface area contributed by atoms with E-state index in [1.54, 1.807) is 31.5 Å². The molecule has 4 aromatic rings. The van der Waals surface area contributed by atoms with Crippen LogP contribution in [0.2, 0.25) is 5.02 Å². The zero-order valence-electron chi connectivity index (χ0n) is 15.0. The molecule has 4 rings (SSSR count). The van der Waals surface area contributed by atoms with Gasteiger partial charge in [-0.05, 0) is 30.3 Å². The molecule has 0 radical (unpaired) electrons. The van der Waals surface area contributed by atoms with Crippen LogP contribution in [0.25, 0.3) is 10.9 Å². The molecule has 0 aliphatic heterocycles. The predicted octanol–water partition coefficient (Wildman–Crippen LogP) is 4.76. The number of anilines is 5. The summed E-state index contributed by atoms with van der Waals surface area (Å²) in [6, 6.07) is 15.0. The summed E-state index contributed by atoms with van der Waals surface area (Å²) < 4.78 is 5.36. The van der Waals surface area contributed by atoms with E-state index < -0.39 is 0 Å². The summed E-state index contributed by atoms with van der Waals surface area (Å²) in [6.07, 6.45) is 3.17. The number of rotatable bonds is 5. The lowest BCUT2D eigenvalue weighted by atomic mass is 10.2. The first kappa shape index (κ1) is 17.8. The largest absolute Gasteiger partial charge is 0.495 e. The van der Waals surface area contributed by atoms with Crippen LogP contribution in [-0.4, -0.2) is 22.1 Å². The van der Waals surface area contributed by atoms with Crippen molar-refractivity contribution in [2.24, 2.45) is 0 Å². The monoisotopic (exact) mass is 392 g/mol. The van der Waals surface area contributed by atoms with Gasteiger partial charge in [-0.2, -0.15) is 0 Å². The van der Waals surface area contributed by atoms with Gasteiger partial charge in [0.25, 0.3) is 0 Å². The van der Waals surface area contributed by atoms with Crippen LogP contribution in [0, 0.1) is 0 Å². The maximum atomic E-state index is 6.31. The number of hydrogen-bond donors (Lipinski definition) is 3. The van der Waals surface area contributed by atoms with Crippen molar-refractivity contribution in [3.05, 3.63) is 66.1 Å². The maximum absolute atomic E-state index is 6.31. The summed E-state index contributed by atoms with van der Waals surface area (Å²) >= 11 is 6.10. The average Bonchev–Trinajstić information content (AvgIpc) is 2.71. The zero-order valence-corrected chi connectivity index (χ0v) is 15.7. The van der Waals surface area contributed by atoms with E-state index in [2.05, 4.69) is 25.6 Å². The van der Waals surface area contributed by atoms with Crippen LogP contribution in [0.5, 0.6) is 5.75 Å². The molecule has 140 valence electrons. The normalized spacial score (nSPS) is 10.6. The zero-order chi connectivity index (χ0) is 19.5. The van der Waals surface area contributed by atoms with Gasteiger partial charge in [0, 0.05) is 16.6 Å². The van der Waals surface area contributed by atoms with Crippen LogP contribution in [-0.2, 0) is 0 Å². The Morgan fingerprint density at radius 2 is 1.68 bits per heavy atom. The van der Waals surface area contributed by atoms with Crippen LogP contribution in [0.3, 0.4) is 0 Å². The van der Waals surface area contributed by atoms with Gasteiger partial charge in [-0.25, -0.2) is 9.97 Å². The molecule has 0 fully saturated rings. The second kappa shape index (κ2) is 7.58. The van der Waals surface area contributed by atoms with Gasteiger partial charge in [0.15, 0.2) is 11.6 Å². The Balaban J connectivity index is 1.68. The SMILES string of the molecule is COc1ccc(Cl)cc1Nc1ncnc(Nc2cccc3cccnc23)c1N. The van der Waals surface area contributed by atoms with Gasteiger partial charge in [0.1, 0.15) is 17.8 Å². The van der Waals surface area contributed by atoms with E-state index in [1.165, 1.54) is 6.33 Å². The fraction of sp³-hybridized carbons (Fsp3) is 0.0500. The molecule has 0 bridgehead atoms. The number of benzene rings is 2. The van der Waals surface area contributed by atoms with Crippen molar-refractivity contribution >= 4 is 51.2 Å². The standard InChI is InChI=1S/C20H17ClN6O/c1-28-16-8-7-13(21)10-15(16)27-20-17(22)19(24-11-25-20)26-14-6-2-4-12-5-3-9-23-18(12)14/h2-11H,22H2,1H3,(H2,24,25,26,27). The van der Waals surface area contributed by atoms with Gasteiger partial charge in [-0.3, -0.25) is 4.98 Å². The minimum absolute atomic E-state index is 0.359. The Bertz CT molecular complexity index is 1150. The first-order valence-corrected chi connectivity index (χ1v) is 8.85. The molecule has 0 aliphatic rings. The highest BCUT2D eigenvalue weighted by molar-refractivity contribution is 6.31. The molecule has 4 N–H and O–H groups in total. The molecule has 0 spiro atoms. The van der Waals surface area contributed by atoms with E-state index in [1.807, 2.05) is 30.3 Å². The number of ether oxygens (including phenoxy) is 1. The highest BCUT2D eigenvalue weighted by atomic mass is 35.5. The molecule has 2 aromatic heterocycles. The van der Waals surface area contributed by atoms with Crippen molar-refractivity contribution < 1.29 is 4.74 Å². The van der Waals surface area contributed by atoms with Gasteiger partial charge in [0.2, 0.25) is 0 Å². The van der Waals surface area contributed by atoms with E-state index >= 15 is 0 Å². The number of methoxy groups -OCH3 is 1. The van der Waals surface area contributed by atoms with Crippen molar-refractivity contribution in [2.45, 2.75) is 0 Å². The van der Waals surface area contributed by atoms with Crippen LogP contribution >= 0.6 is 11.6 Å². The molecular formula is C20H17ClN6O. The van der Waals surface area contributed by atoms with Crippen molar-refractivity contribution in [2.75, 3.05) is 23.5 Å². The third kappa shape index (κ3) is 3.47. The summed E-state index contributed by atoms with van der Waals surface area (Å²) in [4.78, 5) is 12.9. The lowest BCUT2D eigenvalue weighted by molar-refractivity contribution is 0.417. The Labute approximate surface area is 166 Å². The second-order valence-electron chi connectivity index (χ2n) is 5.96. The number of halogens is 1. The van der Waals surface area contributed by atoms with Crippen LogP contribution in [0.1, 0.15) is 0 Å². The molecule has 0 aliphatic carbocycles. The quantitative estimate of drug-likeness (QED) is 0.450. The molecule has 28 heavy (non-hydrogen) atoms. The topological polar surface area (TPSA) is 98.0 Å². The average molecular weight is 393 g/mol. The highest BCUT2D eigenvalue weighted by Crippen LogP contribution is 2.34. The number of nitrogen functional groups attached to an aromatic ring is 1. The lowest BCUT2D eigenvalue weighted by Crippen LogP contribution is -2.06. The maximum Gasteiger partial charge on any atom is 0.159 e. The highest BCUT2D eigenvalue weighted by Gasteiger charge is 2.12. The van der Waals surface area contributed by atoms with Crippen LogP contribution < -0.4 is 21.1 Å². The molecule has 7 nitrogen and oxygen atoms in total. The second-order valence-corrected chi connectivity index (χ2v) is 6.40. The van der Waals surface area contributed by atoms with Crippen LogP contribution in [0.15, 0.2) is 61.1 Å². The molecule has 2 aromatic carbocycles. The van der Waals surface area contributed by atoms with Crippen LogP contribution in [0.4, 0.5) is 28.7 Å². The van der Waals surface area contributed by atoms with Crippen molar-refractivity contribution in [1.82, 2.24) is 15.0 Å². The molecule has 0 amide bonds. The first-order valence-electron chi connectivity index (χ1n) is 8.47. The number of nitrogens with one attached hydrogen (secondary N) is 2. The molecule has 0 saturated carbocycles. The van der Waals surface area contributed by atoms with Crippen molar-refractivity contribution in [3.63, 3.8) is 0 Å². The number of pyridine rings is 1. The smallest absolute Gasteiger partial charge is 0.159 e. The van der Waals surface area contributed by atoms with Gasteiger partial charge in [-0.15, -0.1) is 0 Å². The van der Waals surface area contributed by atoms with E-state index in [0.717, 1.165) is 16.6 Å². The third-order valence-electron chi connectivity index (χ3n) is 4.18. The van der Waals surface area contributed by atoms with E-state index in [-0.39, 0.29) is 0 Å². The number of nitrogens with zero attached hydrogens (tertiary/aromatic N) is 3. The number of fused-ring (bicyclic) bond motifs is 1. The minimum Gasteiger partial charge on any atom is -0.495 e. The van der Waals surface area contributed by atoms with Gasteiger partial charge in [0.05, 0.1) is 24.0 Å². The van der Waals surface area contributed by atoms with Gasteiger partial charge < -0.3 is 21.1 Å². The third-order valence-corrected chi connectivity index (χ3v) is 4.42. The summed E-state index contributed by atoms with van der Waals surface area (Å²) in [6.45, 7) is 0. The van der Waals surface area contributed by atoms with E-state index in [0.29, 0.717) is 33.8 Å². The number of nitrogens with two attached hydrogens (primary N) is 1. The van der Waals surface area contributed by atoms with Gasteiger partial charge >= 0.3 is 0 Å². The summed E-state index contributed by atoms with van der Waals surface area (Å²) in [5.41, 5.74) is 8.95. The first-order chi connectivity index (χ1) is 13.7. The summed E-state index contributed by atoms with van der Waals surface area (Å²) in [5.74, 6) is 1.53. The Kier molecular flexibility index (Phi) is 4.82. The summed E-state index contributed by atoms with van der Waals surface area (Å²) in [5, 5.41) is 7.98. The molecule has 0 unspecified atom stereocenters. The lowest BCUT2D eigenvalue weighted by Gasteiger charge is -2.15. The summed E-state index contributed by atoms with van der Waals surface area (Å²) in [7, 11) is 1.58. The van der Waals surface area contributed by atoms with E-state index in [4.69, 9.17) is 22.1 Å². The van der Waals surface area contributed by atoms with Crippen molar-refractivity contribution in [3.8, 4) is 5.75 Å². The predicted molar refractivity (Wildman–Crippen MR) is 113 cm³/mol. The molecular weight excluding hydrogens is 376 g/mol. The molecule has 0 saturated heterocycles. The Hall–Kier alpha value is -3.58. The molecule has 0 atom stereocenters. The fourth-order valence-electron chi connectivity index (χ4n) is 2.83. The number of para-hydroxylation sites is 1. The van der Waals surface area contributed by atoms with Gasteiger partial charge in [-0.1, -0.05) is 29.8 Å². The Morgan fingerprint density at radius 3 is 2.46 bits per heavy atom. The number of hydrogen-bond acceptors (Lipinski definition) is 7. The minimum atomic E-state index is 0.359. The number of aromatic nitrogens is 3. The molecule has 8 heteroatoms. The van der Waals surface area contributed by atoms with Crippen molar-refractivity contribution in [1.29, 1.82) is 0 Å². The van der Waals surface area contributed by atoms with E-state index in [9.17, 15) is 0 Å². The fourth-order valence-corrected chi connectivity index (χ4v) is 3.00. The molecule has 2 heterocycles. The Morgan fingerprint density at radius 1 is 0.929 bits per heavy atom.